The number of aliphatic imine (C=N–C) groups is 1. The van der Waals surface area contributed by atoms with Gasteiger partial charge in [0.1, 0.15) is 0 Å². The van der Waals surface area contributed by atoms with Crippen LogP contribution in [0.4, 0.5) is 0 Å². The zero-order chi connectivity index (χ0) is 16.4. The van der Waals surface area contributed by atoms with Crippen LogP contribution < -0.4 is 10.6 Å². The Balaban J connectivity index is 2.32. The molecule has 7 heteroatoms. The number of nitrogens with zero attached hydrogens (tertiary/aromatic N) is 1. The van der Waals surface area contributed by atoms with Crippen molar-refractivity contribution in [2.75, 3.05) is 31.6 Å². The van der Waals surface area contributed by atoms with Crippen molar-refractivity contribution in [2.24, 2.45) is 4.99 Å². The highest BCUT2D eigenvalue weighted by molar-refractivity contribution is 8.00. The van der Waals surface area contributed by atoms with Gasteiger partial charge in [-0.25, -0.2) is 8.42 Å². The number of hydrogen-bond acceptors (Lipinski definition) is 4. The van der Waals surface area contributed by atoms with Crippen molar-refractivity contribution in [2.45, 2.75) is 24.0 Å². The third-order valence-corrected chi connectivity index (χ3v) is 5.83. The second-order valence-electron chi connectivity index (χ2n) is 4.86. The molecule has 0 heterocycles. The molecule has 0 radical (unpaired) electrons. The van der Waals surface area contributed by atoms with E-state index in [0.717, 1.165) is 6.54 Å². The van der Waals surface area contributed by atoms with Gasteiger partial charge in [0.05, 0.1) is 5.75 Å². The average molecular weight is 344 g/mol. The van der Waals surface area contributed by atoms with Crippen molar-refractivity contribution in [1.29, 1.82) is 0 Å². The molecule has 2 N–H and O–H groups in total. The Morgan fingerprint density at radius 1 is 1.27 bits per heavy atom. The summed E-state index contributed by atoms with van der Waals surface area (Å²) in [5, 5.41) is 6.62. The van der Waals surface area contributed by atoms with Gasteiger partial charge in [-0.1, -0.05) is 32.0 Å². The summed E-state index contributed by atoms with van der Waals surface area (Å²) in [6.07, 6.45) is 0. The van der Waals surface area contributed by atoms with Gasteiger partial charge < -0.3 is 10.6 Å². The summed E-state index contributed by atoms with van der Waals surface area (Å²) >= 11 is 1.79. The summed E-state index contributed by atoms with van der Waals surface area (Å²) < 4.78 is 22.9. The highest BCUT2D eigenvalue weighted by atomic mass is 32.2. The van der Waals surface area contributed by atoms with Gasteiger partial charge in [-0.15, -0.1) is 11.8 Å². The SMILES string of the molecule is CCS(=O)(=O)CCNC(=NC)NCC(C)Sc1ccccc1. The van der Waals surface area contributed by atoms with Crippen molar-refractivity contribution in [1.82, 2.24) is 10.6 Å². The lowest BCUT2D eigenvalue weighted by atomic mass is 10.4. The van der Waals surface area contributed by atoms with Crippen LogP contribution in [0.2, 0.25) is 0 Å². The van der Waals surface area contributed by atoms with Gasteiger partial charge in [-0.05, 0) is 12.1 Å². The molecule has 1 aromatic rings. The predicted molar refractivity (Wildman–Crippen MR) is 95.5 cm³/mol. The number of benzene rings is 1. The van der Waals surface area contributed by atoms with E-state index in [9.17, 15) is 8.42 Å². The molecular weight excluding hydrogens is 318 g/mol. The molecule has 1 rings (SSSR count). The topological polar surface area (TPSA) is 70.6 Å². The molecule has 0 aliphatic carbocycles. The molecule has 0 aromatic heterocycles. The number of thioether (sulfide) groups is 1. The maximum Gasteiger partial charge on any atom is 0.191 e. The van der Waals surface area contributed by atoms with Gasteiger partial charge in [0, 0.05) is 36.0 Å². The first-order valence-corrected chi connectivity index (χ1v) is 10.0. The highest BCUT2D eigenvalue weighted by Crippen LogP contribution is 2.21. The van der Waals surface area contributed by atoms with E-state index in [1.807, 2.05) is 18.2 Å². The fourth-order valence-electron chi connectivity index (χ4n) is 1.70. The first-order valence-electron chi connectivity index (χ1n) is 7.33. The Labute approximate surface area is 137 Å². The molecule has 0 aliphatic rings. The summed E-state index contributed by atoms with van der Waals surface area (Å²) in [4.78, 5) is 5.33. The minimum Gasteiger partial charge on any atom is -0.355 e. The molecule has 22 heavy (non-hydrogen) atoms. The van der Waals surface area contributed by atoms with Gasteiger partial charge in [0.2, 0.25) is 0 Å². The van der Waals surface area contributed by atoms with Crippen molar-refractivity contribution in [3.8, 4) is 0 Å². The smallest absolute Gasteiger partial charge is 0.191 e. The van der Waals surface area contributed by atoms with Crippen LogP contribution >= 0.6 is 11.8 Å². The summed E-state index contributed by atoms with van der Waals surface area (Å²) in [6, 6.07) is 10.2. The van der Waals surface area contributed by atoms with E-state index in [4.69, 9.17) is 0 Å². The van der Waals surface area contributed by atoms with E-state index in [0.29, 0.717) is 17.8 Å². The van der Waals surface area contributed by atoms with Gasteiger partial charge in [0.15, 0.2) is 15.8 Å². The van der Waals surface area contributed by atoms with Crippen molar-refractivity contribution in [3.63, 3.8) is 0 Å². The molecule has 5 nitrogen and oxygen atoms in total. The van der Waals surface area contributed by atoms with Crippen LogP contribution in [0.5, 0.6) is 0 Å². The second kappa shape index (κ2) is 9.74. The minimum atomic E-state index is -2.94. The van der Waals surface area contributed by atoms with E-state index in [2.05, 4.69) is 34.7 Å². The number of hydrogen-bond donors (Lipinski definition) is 2. The molecule has 0 saturated carbocycles. The van der Waals surface area contributed by atoms with Crippen LogP contribution in [-0.4, -0.2) is 51.3 Å². The van der Waals surface area contributed by atoms with Gasteiger partial charge in [0.25, 0.3) is 0 Å². The van der Waals surface area contributed by atoms with Gasteiger partial charge in [-0.2, -0.15) is 0 Å². The number of sulfone groups is 1. The Morgan fingerprint density at radius 3 is 2.55 bits per heavy atom. The fourth-order valence-corrected chi connectivity index (χ4v) is 3.35. The molecule has 0 amide bonds. The zero-order valence-electron chi connectivity index (χ0n) is 13.4. The lowest BCUT2D eigenvalue weighted by molar-refractivity contribution is 0.595. The average Bonchev–Trinajstić information content (AvgIpc) is 2.51. The Hall–Kier alpha value is -1.21. The Kier molecular flexibility index (Phi) is 8.34. The molecule has 0 fully saturated rings. The molecule has 0 aliphatic heterocycles. The first-order chi connectivity index (χ1) is 10.5. The third kappa shape index (κ3) is 7.70. The van der Waals surface area contributed by atoms with Crippen LogP contribution in [0, 0.1) is 0 Å². The van der Waals surface area contributed by atoms with Crippen LogP contribution in [0.1, 0.15) is 13.8 Å². The summed E-state index contributed by atoms with van der Waals surface area (Å²) in [7, 11) is -1.27. The Morgan fingerprint density at radius 2 is 1.95 bits per heavy atom. The molecule has 0 saturated heterocycles. The lowest BCUT2D eigenvalue weighted by Gasteiger charge is -2.15. The maximum absolute atomic E-state index is 11.4. The number of nitrogens with one attached hydrogen (secondary N) is 2. The number of rotatable bonds is 8. The molecule has 124 valence electrons. The normalized spacial score (nSPS) is 13.7. The summed E-state index contributed by atoms with van der Waals surface area (Å²) in [6.45, 7) is 4.92. The van der Waals surface area contributed by atoms with E-state index in [1.165, 1.54) is 4.90 Å². The highest BCUT2D eigenvalue weighted by Gasteiger charge is 2.08. The molecule has 1 aromatic carbocycles. The number of guanidine groups is 1. The third-order valence-electron chi connectivity index (χ3n) is 3.01. The van der Waals surface area contributed by atoms with E-state index < -0.39 is 9.84 Å². The lowest BCUT2D eigenvalue weighted by Crippen LogP contribution is -2.41. The Bertz CT molecular complexity index is 559. The van der Waals surface area contributed by atoms with E-state index in [-0.39, 0.29) is 11.5 Å². The zero-order valence-corrected chi connectivity index (χ0v) is 15.0. The van der Waals surface area contributed by atoms with Crippen LogP contribution in [-0.2, 0) is 9.84 Å². The second-order valence-corrected chi connectivity index (χ2v) is 8.84. The maximum atomic E-state index is 11.4. The van der Waals surface area contributed by atoms with Crippen LogP contribution in [0.15, 0.2) is 40.2 Å². The molecule has 0 spiro atoms. The van der Waals surface area contributed by atoms with Crippen LogP contribution in [0.3, 0.4) is 0 Å². The molecule has 0 bridgehead atoms. The molecule has 1 unspecified atom stereocenters. The molecule has 1 atom stereocenters. The van der Waals surface area contributed by atoms with E-state index in [1.54, 1.807) is 25.7 Å². The minimum absolute atomic E-state index is 0.124. The van der Waals surface area contributed by atoms with Gasteiger partial charge in [-0.3, -0.25) is 4.99 Å². The van der Waals surface area contributed by atoms with Crippen molar-refractivity contribution >= 4 is 27.6 Å². The first kappa shape index (κ1) is 18.8. The fraction of sp³-hybridized carbons (Fsp3) is 0.533. The largest absolute Gasteiger partial charge is 0.355 e. The van der Waals surface area contributed by atoms with Crippen LogP contribution in [0.25, 0.3) is 0 Å². The monoisotopic (exact) mass is 343 g/mol. The quantitative estimate of drug-likeness (QED) is 0.428. The summed E-state index contributed by atoms with van der Waals surface area (Å²) in [5.74, 6) is 0.927. The van der Waals surface area contributed by atoms with E-state index >= 15 is 0 Å². The molecular formula is C15H25N3O2S2. The van der Waals surface area contributed by atoms with Crippen molar-refractivity contribution in [3.05, 3.63) is 30.3 Å². The predicted octanol–water partition coefficient (Wildman–Crippen LogP) is 1.77. The van der Waals surface area contributed by atoms with Gasteiger partial charge >= 0.3 is 0 Å². The van der Waals surface area contributed by atoms with Crippen molar-refractivity contribution < 1.29 is 8.42 Å². The summed E-state index contributed by atoms with van der Waals surface area (Å²) in [5.41, 5.74) is 0. The standard InChI is InChI=1S/C15H25N3O2S2/c1-4-22(19,20)11-10-17-15(16-3)18-12-13(2)21-14-8-6-5-7-9-14/h5-9,13H,4,10-12H2,1-3H3,(H2,16,17,18).